The summed E-state index contributed by atoms with van der Waals surface area (Å²) in [5.41, 5.74) is 1.74. The quantitative estimate of drug-likeness (QED) is 0.253. The average molecular weight is 610 g/mol. The van der Waals surface area contributed by atoms with Gasteiger partial charge in [-0.25, -0.2) is 0 Å². The standard InChI is InChI=1S/C26H30B2O6.5C2H6/c1-3-10-21(4-2)27-29-17-19-11-8-15-23-25(19,33-27)31-24-16-9-12-20-18-30-28(34-26(20,24)32-23)22-13-6-5-7-14-22;5*1-2/h3-4,6,10,13-14,19-20,23-24H,1-2,8-9,11-12,15-18H2;5*1-2H3/b21-10+;;;;;. The molecule has 0 aromatic heterocycles. The van der Waals surface area contributed by atoms with Crippen molar-refractivity contribution in [2.45, 2.75) is 132 Å². The average Bonchev–Trinajstić information content (AvgIpc) is 3.12. The smallest absolute Gasteiger partial charge is 0.407 e. The number of ether oxygens (including phenoxy) is 2. The van der Waals surface area contributed by atoms with E-state index in [1.54, 1.807) is 12.2 Å². The topological polar surface area (TPSA) is 55.4 Å². The van der Waals surface area contributed by atoms with E-state index in [9.17, 15) is 0 Å². The van der Waals surface area contributed by atoms with Crippen molar-refractivity contribution in [1.29, 1.82) is 0 Å². The Morgan fingerprint density at radius 1 is 0.773 bits per heavy atom. The summed E-state index contributed by atoms with van der Waals surface area (Å²) in [5, 5.41) is 0. The maximum absolute atomic E-state index is 7.03. The fraction of sp³-hybridized carbons (Fsp3) is 0.667. The molecule has 0 radical (unpaired) electrons. The van der Waals surface area contributed by atoms with Crippen LogP contribution in [-0.2, 0) is 28.1 Å². The largest absolute Gasteiger partial charge is 0.496 e. The van der Waals surface area contributed by atoms with Gasteiger partial charge in [0, 0.05) is 25.0 Å². The minimum Gasteiger partial charge on any atom is -0.407 e. The lowest BCUT2D eigenvalue weighted by molar-refractivity contribution is -0.460. The van der Waals surface area contributed by atoms with Gasteiger partial charge in [-0.15, -0.1) is 0 Å². The van der Waals surface area contributed by atoms with E-state index in [4.69, 9.17) is 28.1 Å². The van der Waals surface area contributed by atoms with Crippen LogP contribution < -0.4 is 5.46 Å². The molecule has 6 nitrogen and oxygen atoms in total. The fourth-order valence-electron chi connectivity index (χ4n) is 6.32. The number of rotatable bonds is 4. The van der Waals surface area contributed by atoms with E-state index in [0.29, 0.717) is 13.2 Å². The monoisotopic (exact) mass is 610 g/mol. The van der Waals surface area contributed by atoms with E-state index < -0.39 is 25.8 Å². The number of allylic oxidation sites excluding steroid dienone is 4. The maximum atomic E-state index is 7.03. The molecule has 1 aromatic rings. The van der Waals surface area contributed by atoms with Gasteiger partial charge < -0.3 is 28.1 Å². The van der Waals surface area contributed by atoms with Crippen molar-refractivity contribution in [1.82, 2.24) is 0 Å². The van der Waals surface area contributed by atoms with Gasteiger partial charge >= 0.3 is 14.2 Å². The molecule has 5 fully saturated rings. The predicted octanol–water partition coefficient (Wildman–Crippen LogP) is 8.31. The van der Waals surface area contributed by atoms with Crippen LogP contribution >= 0.6 is 0 Å². The Hall–Kier alpha value is -1.85. The molecule has 6 atom stereocenters. The van der Waals surface area contributed by atoms with Crippen LogP contribution in [0.5, 0.6) is 0 Å². The molecule has 5 aliphatic rings. The van der Waals surface area contributed by atoms with Gasteiger partial charge in [-0.2, -0.15) is 0 Å². The van der Waals surface area contributed by atoms with Crippen LogP contribution in [0.4, 0.5) is 0 Å². The molecule has 0 N–H and O–H groups in total. The number of hydrogen-bond acceptors (Lipinski definition) is 6. The third kappa shape index (κ3) is 8.49. The Labute approximate surface area is 271 Å². The van der Waals surface area contributed by atoms with Crippen molar-refractivity contribution in [3.05, 3.63) is 67.2 Å². The Morgan fingerprint density at radius 2 is 1.32 bits per heavy atom. The van der Waals surface area contributed by atoms with Gasteiger partial charge in [0.25, 0.3) is 0 Å². The number of hydrogen-bond donors (Lipinski definition) is 0. The van der Waals surface area contributed by atoms with Crippen LogP contribution in [0.1, 0.15) is 108 Å². The Kier molecular flexibility index (Phi) is 19.2. The van der Waals surface area contributed by atoms with E-state index in [2.05, 4.69) is 25.3 Å². The highest BCUT2D eigenvalue weighted by atomic mass is 16.8. The molecule has 2 saturated carbocycles. The second-order valence-corrected chi connectivity index (χ2v) is 9.85. The third-order valence-corrected chi connectivity index (χ3v) is 7.98. The lowest BCUT2D eigenvalue weighted by Crippen LogP contribution is -2.76. The van der Waals surface area contributed by atoms with Crippen LogP contribution in [0.15, 0.2) is 55.1 Å². The zero-order valence-electron chi connectivity index (χ0n) is 29.4. The Morgan fingerprint density at radius 3 is 1.82 bits per heavy atom. The Bertz CT molecular complexity index is 959. The second kappa shape index (κ2) is 21.0. The van der Waals surface area contributed by atoms with Crippen molar-refractivity contribution in [3.8, 4) is 0 Å². The molecule has 1 aromatic carbocycles. The van der Waals surface area contributed by atoms with Gasteiger partial charge in [0.1, 0.15) is 12.2 Å². The van der Waals surface area contributed by atoms with Crippen molar-refractivity contribution in [3.63, 3.8) is 0 Å². The summed E-state index contributed by atoms with van der Waals surface area (Å²) in [6.07, 6.45) is 10.6. The minimum absolute atomic E-state index is 0.102. The molecule has 0 bridgehead atoms. The molecular formula is C36H60B2O6. The normalized spacial score (nSPS) is 31.3. The van der Waals surface area contributed by atoms with E-state index in [-0.39, 0.29) is 24.0 Å². The SMILES string of the molecule is C=C/C=C(\C=C)B1OCC2CCCC3OC45OB(c6cc#ccc6)OCC4CCCC5OC23O1.CC.CC.CC.CC.CC. The van der Waals surface area contributed by atoms with Crippen LogP contribution in [-0.4, -0.2) is 51.2 Å². The first kappa shape index (κ1) is 40.2. The van der Waals surface area contributed by atoms with Gasteiger partial charge in [-0.1, -0.05) is 132 Å². The molecule has 44 heavy (non-hydrogen) atoms. The molecular weight excluding hydrogens is 550 g/mol. The van der Waals surface area contributed by atoms with Crippen molar-refractivity contribution < 1.29 is 28.1 Å². The van der Waals surface area contributed by atoms with E-state index in [1.165, 1.54) is 0 Å². The van der Waals surface area contributed by atoms with Crippen LogP contribution in [0.3, 0.4) is 0 Å². The molecule has 6 rings (SSSR count). The van der Waals surface area contributed by atoms with Gasteiger partial charge in [0.05, 0.1) is 0 Å². The van der Waals surface area contributed by atoms with Crippen LogP contribution in [0.2, 0.25) is 0 Å². The molecule has 3 aliphatic heterocycles. The van der Waals surface area contributed by atoms with Crippen LogP contribution in [0, 0.1) is 24.0 Å². The summed E-state index contributed by atoms with van der Waals surface area (Å²) in [6, 6.07) is 11.6. The molecule has 0 amide bonds. The van der Waals surface area contributed by atoms with Gasteiger partial charge in [0.2, 0.25) is 0 Å². The highest BCUT2D eigenvalue weighted by Crippen LogP contribution is 2.55. The first-order chi connectivity index (χ1) is 21.7. The third-order valence-electron chi connectivity index (χ3n) is 7.98. The first-order valence-electron chi connectivity index (χ1n) is 17.5. The summed E-state index contributed by atoms with van der Waals surface area (Å²) in [7, 11) is -1.09. The summed E-state index contributed by atoms with van der Waals surface area (Å²) in [4.78, 5) is 0. The van der Waals surface area contributed by atoms with E-state index in [0.717, 1.165) is 49.5 Å². The summed E-state index contributed by atoms with van der Waals surface area (Å²) in [5.74, 6) is -1.51. The fourth-order valence-corrected chi connectivity index (χ4v) is 6.32. The van der Waals surface area contributed by atoms with E-state index in [1.807, 2.05) is 93.5 Å². The zero-order valence-corrected chi connectivity index (χ0v) is 29.4. The molecule has 8 heteroatoms. The second-order valence-electron chi connectivity index (χ2n) is 9.85. The van der Waals surface area contributed by atoms with Crippen molar-refractivity contribution >= 4 is 19.7 Å². The maximum Gasteiger partial charge on any atom is 0.496 e. The lowest BCUT2D eigenvalue weighted by atomic mass is 9.68. The Balaban J connectivity index is 0.000000884. The summed E-state index contributed by atoms with van der Waals surface area (Å²) >= 11 is 0. The molecule has 246 valence electrons. The van der Waals surface area contributed by atoms with Gasteiger partial charge in [0.15, 0.2) is 11.6 Å². The molecule has 3 heterocycles. The highest BCUT2D eigenvalue weighted by molar-refractivity contribution is 6.61. The zero-order chi connectivity index (χ0) is 33.2. The van der Waals surface area contributed by atoms with Crippen LogP contribution in [0.25, 0.3) is 0 Å². The highest BCUT2D eigenvalue weighted by Gasteiger charge is 2.68. The molecule has 3 saturated heterocycles. The summed E-state index contributed by atoms with van der Waals surface area (Å²) < 4.78 is 39.7. The van der Waals surface area contributed by atoms with Gasteiger partial charge in [-0.05, 0) is 48.8 Å². The van der Waals surface area contributed by atoms with Gasteiger partial charge in [-0.3, -0.25) is 0 Å². The minimum atomic E-state index is -0.866. The van der Waals surface area contributed by atoms with Crippen molar-refractivity contribution in [2.24, 2.45) is 11.8 Å². The van der Waals surface area contributed by atoms with Crippen molar-refractivity contribution in [2.75, 3.05) is 13.2 Å². The van der Waals surface area contributed by atoms with E-state index >= 15 is 0 Å². The molecule has 2 spiro atoms. The lowest BCUT2D eigenvalue weighted by Gasteiger charge is -2.64. The first-order valence-corrected chi connectivity index (χ1v) is 17.5. The summed E-state index contributed by atoms with van der Waals surface area (Å²) in [6.45, 7) is 28.9. The molecule has 6 unspecified atom stereocenters. The predicted molar refractivity (Wildman–Crippen MR) is 184 cm³/mol. The molecule has 2 aliphatic carbocycles.